The predicted molar refractivity (Wildman–Crippen MR) is 126 cm³/mol. The van der Waals surface area contributed by atoms with Gasteiger partial charge in [0, 0.05) is 5.92 Å². The molecule has 4 rings (SSSR count). The number of ketones is 1. The molecule has 8 nitrogen and oxygen atoms in total. The SMILES string of the molecule is CC(=O)[C@@H]1CC[C@H]2[C@@H]3CCC4=CC(=NOCC(=O)N[C@H](CO)C(=O)O)CC[C@]4(C)[C@H]3CC[C@]12C. The minimum atomic E-state index is -1.35. The number of aliphatic carboxylic acids is 1. The van der Waals surface area contributed by atoms with E-state index in [9.17, 15) is 14.4 Å². The summed E-state index contributed by atoms with van der Waals surface area (Å²) in [5, 5.41) is 24.3. The van der Waals surface area contributed by atoms with E-state index in [2.05, 4.69) is 30.4 Å². The van der Waals surface area contributed by atoms with Crippen LogP contribution in [-0.2, 0) is 19.2 Å². The Morgan fingerprint density at radius 1 is 1.15 bits per heavy atom. The molecule has 34 heavy (non-hydrogen) atoms. The van der Waals surface area contributed by atoms with Crippen molar-refractivity contribution in [2.75, 3.05) is 13.2 Å². The molecular formula is C26H38N2O6. The van der Waals surface area contributed by atoms with E-state index in [1.165, 1.54) is 18.4 Å². The summed E-state index contributed by atoms with van der Waals surface area (Å²) in [4.78, 5) is 40.3. The molecule has 3 N–H and O–H groups in total. The number of hydrogen-bond acceptors (Lipinski definition) is 6. The summed E-state index contributed by atoms with van der Waals surface area (Å²) in [6, 6.07) is -1.35. The van der Waals surface area contributed by atoms with E-state index < -0.39 is 31.1 Å². The van der Waals surface area contributed by atoms with Gasteiger partial charge in [0.2, 0.25) is 0 Å². The van der Waals surface area contributed by atoms with Crippen molar-refractivity contribution >= 4 is 23.4 Å². The van der Waals surface area contributed by atoms with Gasteiger partial charge in [0.1, 0.15) is 11.8 Å². The number of rotatable bonds is 7. The Morgan fingerprint density at radius 3 is 2.59 bits per heavy atom. The molecule has 0 saturated heterocycles. The highest BCUT2D eigenvalue weighted by Gasteiger charge is 2.59. The molecule has 0 aromatic carbocycles. The van der Waals surface area contributed by atoms with Crippen molar-refractivity contribution in [3.05, 3.63) is 11.6 Å². The summed E-state index contributed by atoms with van der Waals surface area (Å²) >= 11 is 0. The van der Waals surface area contributed by atoms with Crippen LogP contribution in [0, 0.1) is 34.5 Å². The molecule has 0 heterocycles. The van der Waals surface area contributed by atoms with E-state index in [1.54, 1.807) is 6.92 Å². The van der Waals surface area contributed by atoms with Crippen molar-refractivity contribution in [2.24, 2.45) is 39.7 Å². The maximum atomic E-state index is 12.3. The molecule has 8 heteroatoms. The largest absolute Gasteiger partial charge is 0.480 e. The van der Waals surface area contributed by atoms with Crippen LogP contribution in [0.5, 0.6) is 0 Å². The van der Waals surface area contributed by atoms with Gasteiger partial charge >= 0.3 is 5.97 Å². The number of oxime groups is 1. The lowest BCUT2D eigenvalue weighted by atomic mass is 9.46. The zero-order valence-electron chi connectivity index (χ0n) is 20.5. The van der Waals surface area contributed by atoms with Gasteiger partial charge in [0.05, 0.1) is 12.3 Å². The average molecular weight is 475 g/mol. The number of carboxylic acids is 1. The van der Waals surface area contributed by atoms with Crippen LogP contribution in [0.1, 0.15) is 72.1 Å². The number of amides is 1. The highest BCUT2D eigenvalue weighted by molar-refractivity contribution is 5.96. The average Bonchev–Trinajstić information content (AvgIpc) is 3.15. The van der Waals surface area contributed by atoms with Crippen LogP contribution in [0.4, 0.5) is 0 Å². The molecule has 3 saturated carbocycles. The van der Waals surface area contributed by atoms with E-state index in [0.29, 0.717) is 23.5 Å². The summed E-state index contributed by atoms with van der Waals surface area (Å²) < 4.78 is 0. The van der Waals surface area contributed by atoms with Crippen LogP contribution in [0.3, 0.4) is 0 Å². The normalized spacial score (nSPS) is 38.7. The molecule has 4 aliphatic rings. The van der Waals surface area contributed by atoms with Crippen molar-refractivity contribution in [3.63, 3.8) is 0 Å². The van der Waals surface area contributed by atoms with Crippen LogP contribution >= 0.6 is 0 Å². The summed E-state index contributed by atoms with van der Waals surface area (Å²) in [6.45, 7) is 5.48. The fourth-order valence-electron chi connectivity index (χ4n) is 7.91. The van der Waals surface area contributed by atoms with Crippen molar-refractivity contribution in [3.8, 4) is 0 Å². The number of aliphatic hydroxyl groups excluding tert-OH is 1. The molecule has 7 atom stereocenters. The smallest absolute Gasteiger partial charge is 0.328 e. The van der Waals surface area contributed by atoms with Crippen molar-refractivity contribution in [1.29, 1.82) is 0 Å². The fourth-order valence-corrected chi connectivity index (χ4v) is 7.91. The quantitative estimate of drug-likeness (QED) is 0.487. The highest BCUT2D eigenvalue weighted by Crippen LogP contribution is 2.66. The van der Waals surface area contributed by atoms with Gasteiger partial charge in [-0.05, 0) is 93.0 Å². The van der Waals surface area contributed by atoms with Crippen LogP contribution in [-0.4, -0.2) is 52.8 Å². The first-order valence-corrected chi connectivity index (χ1v) is 12.6. The molecular weight excluding hydrogens is 436 g/mol. The predicted octanol–water partition coefficient (Wildman–Crippen LogP) is 3.09. The Morgan fingerprint density at radius 2 is 1.91 bits per heavy atom. The van der Waals surface area contributed by atoms with Gasteiger partial charge in [-0.1, -0.05) is 24.6 Å². The second-order valence-electron chi connectivity index (χ2n) is 11.3. The van der Waals surface area contributed by atoms with Gasteiger partial charge in [0.25, 0.3) is 5.91 Å². The lowest BCUT2D eigenvalue weighted by Crippen LogP contribution is -2.51. The Bertz CT molecular complexity index is 913. The first kappa shape index (κ1) is 24.9. The second-order valence-corrected chi connectivity index (χ2v) is 11.3. The van der Waals surface area contributed by atoms with Crippen LogP contribution in [0.15, 0.2) is 16.8 Å². The zero-order valence-corrected chi connectivity index (χ0v) is 20.5. The lowest BCUT2D eigenvalue weighted by Gasteiger charge is -2.58. The molecule has 0 spiro atoms. The molecule has 0 radical (unpaired) electrons. The third kappa shape index (κ3) is 4.30. The fraction of sp³-hybridized carbons (Fsp3) is 0.769. The van der Waals surface area contributed by atoms with Gasteiger partial charge in [0.15, 0.2) is 6.61 Å². The Hall–Kier alpha value is -2.22. The Balaban J connectivity index is 1.41. The number of fused-ring (bicyclic) bond motifs is 5. The number of carbonyl (C=O) groups is 3. The van der Waals surface area contributed by atoms with Crippen molar-refractivity contribution < 1.29 is 29.4 Å². The van der Waals surface area contributed by atoms with Gasteiger partial charge in [-0.3, -0.25) is 9.59 Å². The van der Waals surface area contributed by atoms with E-state index >= 15 is 0 Å². The third-order valence-corrected chi connectivity index (χ3v) is 9.66. The summed E-state index contributed by atoms with van der Waals surface area (Å²) in [6.07, 6.45) is 10.6. The number of carbonyl (C=O) groups excluding carboxylic acids is 2. The minimum Gasteiger partial charge on any atom is -0.480 e. The van der Waals surface area contributed by atoms with Gasteiger partial charge < -0.3 is 20.4 Å². The molecule has 1 amide bonds. The summed E-state index contributed by atoms with van der Waals surface area (Å²) in [5.74, 6) is 0.619. The van der Waals surface area contributed by atoms with Gasteiger partial charge in [-0.2, -0.15) is 0 Å². The number of hydrogen-bond donors (Lipinski definition) is 3. The van der Waals surface area contributed by atoms with E-state index in [-0.39, 0.29) is 16.7 Å². The van der Waals surface area contributed by atoms with Crippen molar-refractivity contribution in [1.82, 2.24) is 5.32 Å². The maximum Gasteiger partial charge on any atom is 0.328 e. The Labute approximate surface area is 201 Å². The molecule has 0 aromatic heterocycles. The summed E-state index contributed by atoms with van der Waals surface area (Å²) in [5.41, 5.74) is 2.54. The second kappa shape index (κ2) is 9.44. The number of aliphatic hydroxyl groups is 1. The van der Waals surface area contributed by atoms with Crippen LogP contribution in [0.2, 0.25) is 0 Å². The minimum absolute atomic E-state index is 0.144. The van der Waals surface area contributed by atoms with E-state index in [4.69, 9.17) is 15.1 Å². The number of allylic oxidation sites excluding steroid dienone is 2. The van der Waals surface area contributed by atoms with Gasteiger partial charge in [-0.25, -0.2) is 4.79 Å². The number of nitrogens with one attached hydrogen (secondary N) is 1. The monoisotopic (exact) mass is 474 g/mol. The first-order chi connectivity index (χ1) is 16.1. The Kier molecular flexibility index (Phi) is 6.91. The highest BCUT2D eigenvalue weighted by atomic mass is 16.6. The number of nitrogens with zero attached hydrogens (tertiary/aromatic N) is 1. The standard InChI is InChI=1S/C26H38N2O6/c1-15(30)19-6-7-20-18-5-4-16-12-17(28-34-14-23(31)27-22(13-29)24(32)33)8-10-25(16,2)21(18)9-11-26(19,20)3/h12,18-22,29H,4-11,13-14H2,1-3H3,(H,27,31)(H,32,33)/t18-,19-,20-,21-,22+,25-,26+/m0/s1. The molecule has 0 aromatic rings. The van der Waals surface area contributed by atoms with E-state index in [1.807, 2.05) is 0 Å². The summed E-state index contributed by atoms with van der Waals surface area (Å²) in [7, 11) is 0. The maximum absolute atomic E-state index is 12.3. The van der Waals surface area contributed by atoms with E-state index in [0.717, 1.165) is 44.2 Å². The van der Waals surface area contributed by atoms with Crippen LogP contribution < -0.4 is 5.32 Å². The third-order valence-electron chi connectivity index (χ3n) is 9.66. The van der Waals surface area contributed by atoms with Crippen molar-refractivity contribution in [2.45, 2.75) is 78.2 Å². The molecule has 0 bridgehead atoms. The molecule has 3 fully saturated rings. The topological polar surface area (TPSA) is 125 Å². The number of carboxylic acid groups (broad SMARTS) is 1. The molecule has 0 unspecified atom stereocenters. The van der Waals surface area contributed by atoms with Crippen LogP contribution in [0.25, 0.3) is 0 Å². The molecule has 0 aliphatic heterocycles. The number of Topliss-reactive ketones (excluding diaryl/α,β-unsaturated/α-hetero) is 1. The first-order valence-electron chi connectivity index (χ1n) is 12.6. The molecule has 4 aliphatic carbocycles. The van der Waals surface area contributed by atoms with Gasteiger partial charge in [-0.15, -0.1) is 0 Å². The zero-order chi connectivity index (χ0) is 24.7. The lowest BCUT2D eigenvalue weighted by molar-refractivity contribution is -0.143. The molecule has 188 valence electrons.